The molecule has 0 fully saturated rings. The monoisotopic (exact) mass is 267 g/mol. The minimum Gasteiger partial charge on any atom is -0.381 e. The van der Waals surface area contributed by atoms with E-state index in [4.69, 9.17) is 10.3 Å². The predicted molar refractivity (Wildman–Crippen MR) is 67.3 cm³/mol. The van der Waals surface area contributed by atoms with Gasteiger partial charge in [0.25, 0.3) is 0 Å². The average molecular weight is 267 g/mol. The fraction of sp³-hybridized carbons (Fsp3) is 0.308. The Hall–Kier alpha value is -1.95. The van der Waals surface area contributed by atoms with E-state index in [1.807, 2.05) is 11.9 Å². The smallest absolute Gasteiger partial charge is 0.167 e. The Kier molecular flexibility index (Phi) is 4.11. The first-order valence-electron chi connectivity index (χ1n) is 5.88. The number of benzene rings is 1. The number of nitrogen functional groups attached to an aromatic ring is 1. The van der Waals surface area contributed by atoms with Gasteiger partial charge in [-0.2, -0.15) is 0 Å². The SMILES string of the molecule is CN(CCc1cc(F)ccc1F)Cc1cc(N)no1. The lowest BCUT2D eigenvalue weighted by Crippen LogP contribution is -2.20. The minimum atomic E-state index is -0.429. The summed E-state index contributed by atoms with van der Waals surface area (Å²) in [4.78, 5) is 1.92. The van der Waals surface area contributed by atoms with Crippen molar-refractivity contribution in [3.05, 3.63) is 47.2 Å². The summed E-state index contributed by atoms with van der Waals surface area (Å²) in [6.07, 6.45) is 0.420. The fourth-order valence-corrected chi connectivity index (χ4v) is 1.79. The van der Waals surface area contributed by atoms with Crippen LogP contribution in [0.2, 0.25) is 0 Å². The molecular weight excluding hydrogens is 252 g/mol. The zero-order chi connectivity index (χ0) is 13.8. The van der Waals surface area contributed by atoms with Gasteiger partial charge in [-0.05, 0) is 37.2 Å². The highest BCUT2D eigenvalue weighted by Gasteiger charge is 2.08. The van der Waals surface area contributed by atoms with Gasteiger partial charge in [0.1, 0.15) is 11.6 Å². The van der Waals surface area contributed by atoms with Gasteiger partial charge in [-0.25, -0.2) is 8.78 Å². The van der Waals surface area contributed by atoms with Crippen LogP contribution in [-0.4, -0.2) is 23.6 Å². The van der Waals surface area contributed by atoms with Crippen molar-refractivity contribution in [2.24, 2.45) is 0 Å². The normalized spacial score (nSPS) is 11.2. The third-order valence-electron chi connectivity index (χ3n) is 2.77. The molecule has 1 aromatic carbocycles. The molecule has 19 heavy (non-hydrogen) atoms. The number of aromatic nitrogens is 1. The lowest BCUT2D eigenvalue weighted by Gasteiger charge is -2.14. The highest BCUT2D eigenvalue weighted by Crippen LogP contribution is 2.12. The molecule has 0 spiro atoms. The van der Waals surface area contributed by atoms with Crippen molar-refractivity contribution in [3.63, 3.8) is 0 Å². The van der Waals surface area contributed by atoms with Crippen LogP contribution in [0.15, 0.2) is 28.8 Å². The molecule has 0 aliphatic heterocycles. The zero-order valence-corrected chi connectivity index (χ0v) is 10.6. The number of rotatable bonds is 5. The van der Waals surface area contributed by atoms with E-state index >= 15 is 0 Å². The minimum absolute atomic E-state index is 0.333. The van der Waals surface area contributed by atoms with Gasteiger partial charge in [0, 0.05) is 12.6 Å². The molecule has 1 aromatic heterocycles. The van der Waals surface area contributed by atoms with Gasteiger partial charge < -0.3 is 10.3 Å². The fourth-order valence-electron chi connectivity index (χ4n) is 1.79. The van der Waals surface area contributed by atoms with Crippen LogP contribution >= 0.6 is 0 Å². The molecule has 0 aliphatic carbocycles. The molecule has 2 aromatic rings. The topological polar surface area (TPSA) is 55.3 Å². The summed E-state index contributed by atoms with van der Waals surface area (Å²) in [6, 6.07) is 5.11. The third-order valence-corrected chi connectivity index (χ3v) is 2.77. The van der Waals surface area contributed by atoms with E-state index in [0.29, 0.717) is 36.7 Å². The molecular formula is C13H15F2N3O. The average Bonchev–Trinajstić information content (AvgIpc) is 2.76. The first-order chi connectivity index (χ1) is 9.04. The van der Waals surface area contributed by atoms with E-state index in [1.165, 1.54) is 6.07 Å². The van der Waals surface area contributed by atoms with Crippen LogP contribution in [0.5, 0.6) is 0 Å². The number of halogens is 2. The lowest BCUT2D eigenvalue weighted by atomic mass is 10.1. The van der Waals surface area contributed by atoms with Crippen LogP contribution in [0.3, 0.4) is 0 Å². The van der Waals surface area contributed by atoms with E-state index in [0.717, 1.165) is 12.1 Å². The maximum atomic E-state index is 13.4. The second-order valence-electron chi connectivity index (χ2n) is 4.44. The Bertz CT molecular complexity index is 557. The molecule has 0 unspecified atom stereocenters. The summed E-state index contributed by atoms with van der Waals surface area (Å²) in [5.41, 5.74) is 5.81. The van der Waals surface area contributed by atoms with Gasteiger partial charge in [0.2, 0.25) is 0 Å². The number of hydrogen-bond donors (Lipinski definition) is 1. The van der Waals surface area contributed by atoms with Gasteiger partial charge in [0.05, 0.1) is 6.54 Å². The second-order valence-corrected chi connectivity index (χ2v) is 4.44. The van der Waals surface area contributed by atoms with Crippen molar-refractivity contribution >= 4 is 5.82 Å². The predicted octanol–water partition coefficient (Wildman–Crippen LogP) is 2.21. The van der Waals surface area contributed by atoms with Crippen LogP contribution in [-0.2, 0) is 13.0 Å². The summed E-state index contributed by atoms with van der Waals surface area (Å²) in [7, 11) is 1.86. The van der Waals surface area contributed by atoms with Crippen molar-refractivity contribution in [1.29, 1.82) is 0 Å². The van der Waals surface area contributed by atoms with Crippen LogP contribution in [0.1, 0.15) is 11.3 Å². The molecule has 0 amide bonds. The van der Waals surface area contributed by atoms with Crippen molar-refractivity contribution in [3.8, 4) is 0 Å². The van der Waals surface area contributed by atoms with E-state index in [1.54, 1.807) is 6.07 Å². The van der Waals surface area contributed by atoms with Crippen molar-refractivity contribution in [2.45, 2.75) is 13.0 Å². The van der Waals surface area contributed by atoms with E-state index in [2.05, 4.69) is 5.16 Å². The van der Waals surface area contributed by atoms with Crippen LogP contribution in [0.25, 0.3) is 0 Å². The number of anilines is 1. The molecule has 2 N–H and O–H groups in total. The maximum Gasteiger partial charge on any atom is 0.167 e. The standard InChI is InChI=1S/C13H15F2N3O/c1-18(8-11-7-13(16)17-19-11)5-4-9-6-10(14)2-3-12(9)15/h2-3,6-7H,4-5,8H2,1H3,(H2,16,17). The molecule has 0 atom stereocenters. The van der Waals surface area contributed by atoms with Gasteiger partial charge in [-0.1, -0.05) is 5.16 Å². The third kappa shape index (κ3) is 3.75. The molecule has 0 saturated carbocycles. The molecule has 1 heterocycles. The Morgan fingerprint density at radius 3 is 2.79 bits per heavy atom. The largest absolute Gasteiger partial charge is 0.381 e. The Morgan fingerprint density at radius 1 is 1.32 bits per heavy atom. The molecule has 2 rings (SSSR count). The summed E-state index contributed by atoms with van der Waals surface area (Å²) in [6.45, 7) is 1.09. The zero-order valence-electron chi connectivity index (χ0n) is 10.6. The Morgan fingerprint density at radius 2 is 2.11 bits per heavy atom. The number of nitrogens with two attached hydrogens (primary N) is 1. The van der Waals surface area contributed by atoms with E-state index in [9.17, 15) is 8.78 Å². The number of hydrogen-bond acceptors (Lipinski definition) is 4. The summed E-state index contributed by atoms with van der Waals surface area (Å²) in [5, 5.41) is 3.58. The highest BCUT2D eigenvalue weighted by molar-refractivity contribution is 5.26. The summed E-state index contributed by atoms with van der Waals surface area (Å²) < 4.78 is 31.4. The molecule has 0 aliphatic rings. The van der Waals surface area contributed by atoms with Crippen molar-refractivity contribution < 1.29 is 13.3 Å². The van der Waals surface area contributed by atoms with E-state index in [-0.39, 0.29) is 0 Å². The summed E-state index contributed by atoms with van der Waals surface area (Å²) in [5.74, 6) is 0.153. The van der Waals surface area contributed by atoms with E-state index < -0.39 is 11.6 Å². The molecule has 0 saturated heterocycles. The quantitative estimate of drug-likeness (QED) is 0.902. The number of likely N-dealkylation sites (N-methyl/N-ethyl adjacent to an activating group) is 1. The first-order valence-corrected chi connectivity index (χ1v) is 5.88. The first kappa shape index (κ1) is 13.5. The Labute approximate surface area is 109 Å². The van der Waals surface area contributed by atoms with Crippen LogP contribution in [0.4, 0.5) is 14.6 Å². The van der Waals surface area contributed by atoms with Gasteiger partial charge in [0.15, 0.2) is 11.6 Å². The Balaban J connectivity index is 1.89. The molecule has 0 bridgehead atoms. The maximum absolute atomic E-state index is 13.4. The number of nitrogens with zero attached hydrogens (tertiary/aromatic N) is 2. The van der Waals surface area contributed by atoms with Crippen LogP contribution in [0, 0.1) is 11.6 Å². The second kappa shape index (κ2) is 5.79. The molecule has 4 nitrogen and oxygen atoms in total. The molecule has 0 radical (unpaired) electrons. The lowest BCUT2D eigenvalue weighted by molar-refractivity contribution is 0.275. The van der Waals surface area contributed by atoms with Crippen molar-refractivity contribution in [2.75, 3.05) is 19.3 Å². The van der Waals surface area contributed by atoms with Gasteiger partial charge in [-0.15, -0.1) is 0 Å². The molecule has 102 valence electrons. The van der Waals surface area contributed by atoms with Gasteiger partial charge >= 0.3 is 0 Å². The van der Waals surface area contributed by atoms with Crippen LogP contribution < -0.4 is 5.73 Å². The highest BCUT2D eigenvalue weighted by atomic mass is 19.1. The summed E-state index contributed by atoms with van der Waals surface area (Å²) >= 11 is 0. The van der Waals surface area contributed by atoms with Gasteiger partial charge in [-0.3, -0.25) is 4.90 Å². The molecule has 6 heteroatoms. The van der Waals surface area contributed by atoms with Crippen molar-refractivity contribution in [1.82, 2.24) is 10.1 Å².